The van der Waals surface area contributed by atoms with Crippen molar-refractivity contribution in [1.82, 2.24) is 4.90 Å². The van der Waals surface area contributed by atoms with Gasteiger partial charge in [0.2, 0.25) is 0 Å². The maximum Gasteiger partial charge on any atom is 0.321 e. The van der Waals surface area contributed by atoms with Gasteiger partial charge in [0, 0.05) is 23.2 Å². The Labute approximate surface area is 126 Å². The van der Waals surface area contributed by atoms with Crippen molar-refractivity contribution in [3.8, 4) is 0 Å². The van der Waals surface area contributed by atoms with E-state index >= 15 is 0 Å². The molecular formula is C14H17BrN2O3. The lowest BCUT2D eigenvalue weighted by Crippen LogP contribution is -2.37. The van der Waals surface area contributed by atoms with Gasteiger partial charge in [-0.2, -0.15) is 0 Å². The van der Waals surface area contributed by atoms with Crippen LogP contribution in [0, 0.1) is 5.41 Å². The van der Waals surface area contributed by atoms with Gasteiger partial charge in [0.15, 0.2) is 0 Å². The highest BCUT2D eigenvalue weighted by molar-refractivity contribution is 9.10. The summed E-state index contributed by atoms with van der Waals surface area (Å²) in [5.41, 5.74) is 0.121. The van der Waals surface area contributed by atoms with E-state index in [0.717, 1.165) is 10.2 Å². The second kappa shape index (κ2) is 5.83. The van der Waals surface area contributed by atoms with Crippen molar-refractivity contribution >= 4 is 33.6 Å². The number of amides is 2. The van der Waals surface area contributed by atoms with Crippen LogP contribution < -0.4 is 5.32 Å². The topological polar surface area (TPSA) is 58.6 Å². The molecule has 108 valence electrons. The summed E-state index contributed by atoms with van der Waals surface area (Å²) in [6.07, 6.45) is 0.618. The van der Waals surface area contributed by atoms with Gasteiger partial charge in [-0.15, -0.1) is 0 Å². The molecular weight excluding hydrogens is 324 g/mol. The number of hydrogen-bond donors (Lipinski definition) is 1. The Balaban J connectivity index is 1.98. The minimum Gasteiger partial charge on any atom is -0.469 e. The number of hydrogen-bond acceptors (Lipinski definition) is 3. The summed E-state index contributed by atoms with van der Waals surface area (Å²) in [7, 11) is 1.37. The smallest absolute Gasteiger partial charge is 0.321 e. The monoisotopic (exact) mass is 340 g/mol. The van der Waals surface area contributed by atoms with E-state index in [0.29, 0.717) is 19.5 Å². The quantitative estimate of drug-likeness (QED) is 0.842. The van der Waals surface area contributed by atoms with Gasteiger partial charge in [0.25, 0.3) is 0 Å². The van der Waals surface area contributed by atoms with Crippen molar-refractivity contribution in [3.63, 3.8) is 0 Å². The number of methoxy groups -OCH3 is 1. The van der Waals surface area contributed by atoms with Crippen LogP contribution in [-0.4, -0.2) is 37.1 Å². The number of carbonyl (C=O) groups excluding carboxylic acids is 2. The zero-order valence-electron chi connectivity index (χ0n) is 11.5. The molecule has 1 atom stereocenters. The Morgan fingerprint density at radius 3 is 2.60 bits per heavy atom. The molecule has 2 amide bonds. The molecule has 1 aromatic rings. The van der Waals surface area contributed by atoms with Gasteiger partial charge in [-0.05, 0) is 37.6 Å². The number of benzene rings is 1. The number of nitrogens with zero attached hydrogens (tertiary/aromatic N) is 1. The molecule has 1 aliphatic heterocycles. The number of carbonyl (C=O) groups is 2. The summed E-state index contributed by atoms with van der Waals surface area (Å²) in [5, 5.41) is 2.82. The van der Waals surface area contributed by atoms with E-state index in [1.54, 1.807) is 4.90 Å². The molecule has 1 aromatic carbocycles. The Bertz CT molecular complexity index is 518. The first-order chi connectivity index (χ1) is 9.44. The van der Waals surface area contributed by atoms with Gasteiger partial charge >= 0.3 is 12.0 Å². The third kappa shape index (κ3) is 3.12. The summed E-state index contributed by atoms with van der Waals surface area (Å²) in [6, 6.07) is 7.16. The molecule has 5 nitrogen and oxygen atoms in total. The number of ether oxygens (including phenoxy) is 1. The highest BCUT2D eigenvalue weighted by Gasteiger charge is 2.42. The molecule has 0 radical (unpaired) electrons. The van der Waals surface area contributed by atoms with Gasteiger partial charge in [-0.1, -0.05) is 15.9 Å². The Morgan fingerprint density at radius 2 is 2.00 bits per heavy atom. The number of urea groups is 1. The number of likely N-dealkylation sites (tertiary alicyclic amines) is 1. The average molecular weight is 341 g/mol. The standard InChI is InChI=1S/C14H17BrN2O3/c1-14(12(18)20-2)7-8-17(9-14)13(19)16-11-5-3-10(15)4-6-11/h3-6H,7-9H2,1-2H3,(H,16,19)/t14-/m0/s1. The SMILES string of the molecule is COC(=O)[C@@]1(C)CCN(C(=O)Nc2ccc(Br)cc2)C1. The van der Waals surface area contributed by atoms with Crippen molar-refractivity contribution in [2.75, 3.05) is 25.5 Å². The zero-order chi connectivity index (χ0) is 14.8. The predicted octanol–water partition coefficient (Wildman–Crippen LogP) is 2.87. The molecule has 0 aromatic heterocycles. The van der Waals surface area contributed by atoms with Crippen LogP contribution >= 0.6 is 15.9 Å². The van der Waals surface area contributed by atoms with E-state index in [-0.39, 0.29) is 12.0 Å². The normalized spacial score (nSPS) is 21.6. The van der Waals surface area contributed by atoms with Crippen LogP contribution in [0.15, 0.2) is 28.7 Å². The first-order valence-corrected chi connectivity index (χ1v) is 7.14. The fourth-order valence-corrected chi connectivity index (χ4v) is 2.55. The van der Waals surface area contributed by atoms with Gasteiger partial charge in [0.05, 0.1) is 12.5 Å². The first-order valence-electron chi connectivity index (χ1n) is 6.34. The summed E-state index contributed by atoms with van der Waals surface area (Å²) < 4.78 is 5.75. The van der Waals surface area contributed by atoms with Crippen molar-refractivity contribution in [2.24, 2.45) is 5.41 Å². The number of nitrogens with one attached hydrogen (secondary N) is 1. The van der Waals surface area contributed by atoms with E-state index in [9.17, 15) is 9.59 Å². The van der Waals surface area contributed by atoms with E-state index in [4.69, 9.17) is 4.74 Å². The van der Waals surface area contributed by atoms with Crippen LogP contribution in [0.2, 0.25) is 0 Å². The maximum atomic E-state index is 12.1. The zero-order valence-corrected chi connectivity index (χ0v) is 13.1. The second-order valence-electron chi connectivity index (χ2n) is 5.16. The van der Waals surface area contributed by atoms with Gasteiger partial charge in [-0.3, -0.25) is 4.79 Å². The van der Waals surface area contributed by atoms with Crippen LogP contribution in [0.1, 0.15) is 13.3 Å². The van der Waals surface area contributed by atoms with Crippen LogP contribution in [0.4, 0.5) is 10.5 Å². The highest BCUT2D eigenvalue weighted by Crippen LogP contribution is 2.31. The molecule has 1 fully saturated rings. The third-order valence-corrected chi connectivity index (χ3v) is 4.06. The van der Waals surface area contributed by atoms with E-state index < -0.39 is 5.41 Å². The lowest BCUT2D eigenvalue weighted by Gasteiger charge is -2.22. The van der Waals surface area contributed by atoms with E-state index in [2.05, 4.69) is 21.2 Å². The maximum absolute atomic E-state index is 12.1. The summed E-state index contributed by atoms with van der Waals surface area (Å²) in [6.45, 7) is 2.75. The molecule has 0 aliphatic carbocycles. The van der Waals surface area contributed by atoms with Gasteiger partial charge in [0.1, 0.15) is 0 Å². The first kappa shape index (κ1) is 14.8. The summed E-state index contributed by atoms with van der Waals surface area (Å²) in [5.74, 6) is -0.267. The van der Waals surface area contributed by atoms with Crippen LogP contribution in [-0.2, 0) is 9.53 Å². The molecule has 0 unspecified atom stereocenters. The summed E-state index contributed by atoms with van der Waals surface area (Å²) >= 11 is 3.34. The Morgan fingerprint density at radius 1 is 1.35 bits per heavy atom. The molecule has 1 heterocycles. The lowest BCUT2D eigenvalue weighted by molar-refractivity contribution is -0.150. The van der Waals surface area contributed by atoms with Crippen LogP contribution in [0.3, 0.4) is 0 Å². The fourth-order valence-electron chi connectivity index (χ4n) is 2.28. The average Bonchev–Trinajstić information content (AvgIpc) is 2.84. The van der Waals surface area contributed by atoms with Crippen molar-refractivity contribution in [3.05, 3.63) is 28.7 Å². The minimum atomic E-state index is -0.605. The molecule has 6 heteroatoms. The third-order valence-electron chi connectivity index (χ3n) is 3.53. The Hall–Kier alpha value is -1.56. The second-order valence-corrected chi connectivity index (χ2v) is 6.08. The van der Waals surface area contributed by atoms with Crippen molar-refractivity contribution in [1.29, 1.82) is 0 Å². The van der Waals surface area contributed by atoms with E-state index in [1.807, 2.05) is 31.2 Å². The molecule has 0 saturated carbocycles. The molecule has 0 spiro atoms. The number of halogens is 1. The lowest BCUT2D eigenvalue weighted by atomic mass is 9.90. The largest absolute Gasteiger partial charge is 0.469 e. The molecule has 1 saturated heterocycles. The molecule has 1 N–H and O–H groups in total. The van der Waals surface area contributed by atoms with Crippen molar-refractivity contribution < 1.29 is 14.3 Å². The number of anilines is 1. The van der Waals surface area contributed by atoms with Crippen molar-refractivity contribution in [2.45, 2.75) is 13.3 Å². The van der Waals surface area contributed by atoms with Crippen LogP contribution in [0.25, 0.3) is 0 Å². The van der Waals surface area contributed by atoms with Gasteiger partial charge in [-0.25, -0.2) is 4.79 Å². The molecule has 20 heavy (non-hydrogen) atoms. The van der Waals surface area contributed by atoms with Crippen LogP contribution in [0.5, 0.6) is 0 Å². The summed E-state index contributed by atoms with van der Waals surface area (Å²) in [4.78, 5) is 25.5. The number of rotatable bonds is 2. The molecule has 0 bridgehead atoms. The van der Waals surface area contributed by atoms with E-state index in [1.165, 1.54) is 7.11 Å². The molecule has 1 aliphatic rings. The molecule has 2 rings (SSSR count). The predicted molar refractivity (Wildman–Crippen MR) is 79.5 cm³/mol. The fraction of sp³-hybridized carbons (Fsp3) is 0.429. The minimum absolute atomic E-state index is 0.194. The highest BCUT2D eigenvalue weighted by atomic mass is 79.9. The van der Waals surface area contributed by atoms with Gasteiger partial charge < -0.3 is 15.0 Å². The number of esters is 1. The Kier molecular flexibility index (Phi) is 4.32.